The number of carbonyl (C=O) groups excluding carboxylic acids is 1. The van der Waals surface area contributed by atoms with Crippen molar-refractivity contribution >= 4 is 17.7 Å². The van der Waals surface area contributed by atoms with Crippen molar-refractivity contribution in [3.05, 3.63) is 59.2 Å². The summed E-state index contributed by atoms with van der Waals surface area (Å²) in [5.74, 6) is 0.249. The zero-order valence-corrected chi connectivity index (χ0v) is 17.8. The van der Waals surface area contributed by atoms with Gasteiger partial charge in [0, 0.05) is 17.1 Å². The number of aromatic carboxylic acids is 1. The molecule has 0 aromatic heterocycles. The molecule has 162 valence electrons. The highest BCUT2D eigenvalue weighted by atomic mass is 16.6. The van der Waals surface area contributed by atoms with Gasteiger partial charge in [-0.3, -0.25) is 5.32 Å². The van der Waals surface area contributed by atoms with Crippen LogP contribution < -0.4 is 10.1 Å². The number of hydrogen-bond donors (Lipinski definition) is 2. The molecule has 2 aromatic rings. The number of carbonyl (C=O) groups is 2. The summed E-state index contributed by atoms with van der Waals surface area (Å²) in [7, 11) is 2.26. The molecular formula is C25H28N2O4. The molecule has 0 unspecified atom stereocenters. The number of carboxylic acids is 1. The molecule has 3 aliphatic rings. The van der Waals surface area contributed by atoms with Crippen LogP contribution in [0.25, 0.3) is 0 Å². The van der Waals surface area contributed by atoms with Gasteiger partial charge in [0.2, 0.25) is 0 Å². The van der Waals surface area contributed by atoms with E-state index in [4.69, 9.17) is 9.84 Å². The summed E-state index contributed by atoms with van der Waals surface area (Å²) >= 11 is 0. The van der Waals surface area contributed by atoms with Crippen LogP contribution in [0, 0.1) is 5.92 Å². The van der Waals surface area contributed by atoms with Gasteiger partial charge in [-0.05, 0) is 92.7 Å². The smallest absolute Gasteiger partial charge is 0.417 e. The van der Waals surface area contributed by atoms with Crippen LogP contribution in [0.5, 0.6) is 5.75 Å². The van der Waals surface area contributed by atoms with E-state index in [2.05, 4.69) is 29.4 Å². The molecule has 1 saturated heterocycles. The monoisotopic (exact) mass is 420 g/mol. The number of ether oxygens (including phenoxy) is 1. The third-order valence-corrected chi connectivity index (χ3v) is 7.67. The number of rotatable bonds is 3. The second-order valence-corrected chi connectivity index (χ2v) is 9.23. The third-order valence-electron chi connectivity index (χ3n) is 7.67. The van der Waals surface area contributed by atoms with E-state index in [9.17, 15) is 9.59 Å². The van der Waals surface area contributed by atoms with Gasteiger partial charge in [0.25, 0.3) is 0 Å². The molecule has 0 spiro atoms. The Morgan fingerprint density at radius 1 is 1.13 bits per heavy atom. The van der Waals surface area contributed by atoms with Crippen molar-refractivity contribution in [2.45, 2.75) is 50.0 Å². The molecule has 2 bridgehead atoms. The predicted molar refractivity (Wildman–Crippen MR) is 118 cm³/mol. The van der Waals surface area contributed by atoms with E-state index in [0.717, 1.165) is 13.0 Å². The van der Waals surface area contributed by atoms with Gasteiger partial charge in [0.15, 0.2) is 0 Å². The molecule has 2 N–H and O–H groups in total. The van der Waals surface area contributed by atoms with Gasteiger partial charge < -0.3 is 14.7 Å². The maximum Gasteiger partial charge on any atom is 0.417 e. The fourth-order valence-electron chi connectivity index (χ4n) is 6.19. The molecule has 5 rings (SSSR count). The van der Waals surface area contributed by atoms with E-state index in [0.29, 0.717) is 23.4 Å². The summed E-state index contributed by atoms with van der Waals surface area (Å²) in [5, 5.41) is 11.7. The lowest BCUT2D eigenvalue weighted by atomic mass is 9.52. The predicted octanol–water partition coefficient (Wildman–Crippen LogP) is 4.68. The fraction of sp³-hybridized carbons (Fsp3) is 0.440. The number of benzene rings is 2. The Balaban J connectivity index is 1.37. The van der Waals surface area contributed by atoms with Crippen LogP contribution >= 0.6 is 0 Å². The molecule has 6 heteroatoms. The van der Waals surface area contributed by atoms with E-state index in [1.807, 2.05) is 6.07 Å². The van der Waals surface area contributed by atoms with Gasteiger partial charge in [-0.2, -0.15) is 0 Å². The molecule has 1 amide bonds. The van der Waals surface area contributed by atoms with Crippen LogP contribution in [0.2, 0.25) is 0 Å². The van der Waals surface area contributed by atoms with Crippen molar-refractivity contribution in [1.29, 1.82) is 0 Å². The molecule has 1 saturated carbocycles. The molecule has 2 fully saturated rings. The Hall–Kier alpha value is -2.86. The number of nitrogens with zero attached hydrogens (tertiary/aromatic N) is 1. The molecule has 2 aliphatic carbocycles. The number of anilines is 1. The van der Waals surface area contributed by atoms with Crippen molar-refractivity contribution in [2.24, 2.45) is 5.92 Å². The van der Waals surface area contributed by atoms with Crippen molar-refractivity contribution in [3.8, 4) is 5.75 Å². The molecule has 6 nitrogen and oxygen atoms in total. The molecule has 0 radical (unpaired) electrons. The molecule has 31 heavy (non-hydrogen) atoms. The molecule has 1 heterocycles. The van der Waals surface area contributed by atoms with Gasteiger partial charge in [-0.15, -0.1) is 0 Å². The van der Waals surface area contributed by atoms with Gasteiger partial charge in [-0.25, -0.2) is 9.59 Å². The lowest BCUT2D eigenvalue weighted by Crippen LogP contribution is -2.59. The highest BCUT2D eigenvalue weighted by Gasteiger charge is 2.53. The Morgan fingerprint density at radius 3 is 2.71 bits per heavy atom. The largest absolute Gasteiger partial charge is 0.478 e. The van der Waals surface area contributed by atoms with Crippen molar-refractivity contribution in [2.75, 3.05) is 18.9 Å². The summed E-state index contributed by atoms with van der Waals surface area (Å²) in [6.07, 6.45) is 6.75. The number of amides is 1. The van der Waals surface area contributed by atoms with E-state index in [-0.39, 0.29) is 11.0 Å². The Morgan fingerprint density at radius 2 is 1.94 bits per heavy atom. The molecule has 2 aromatic carbocycles. The fourth-order valence-corrected chi connectivity index (χ4v) is 6.19. The summed E-state index contributed by atoms with van der Waals surface area (Å²) in [6, 6.07) is 12.8. The van der Waals surface area contributed by atoms with Crippen LogP contribution in [-0.2, 0) is 11.8 Å². The SMILES string of the molecule is CN1CC[C@@]23CCCC[C@@H]2[C@@H]1Cc1ccc(OC(=O)Nc2ccc(C(=O)O)cc2)cc13. The summed E-state index contributed by atoms with van der Waals surface area (Å²) in [6.45, 7) is 1.12. The topological polar surface area (TPSA) is 78.9 Å². The normalized spacial score (nSPS) is 27.0. The number of hydrogen-bond acceptors (Lipinski definition) is 4. The minimum Gasteiger partial charge on any atom is -0.478 e. The van der Waals surface area contributed by atoms with E-state index in [1.54, 1.807) is 12.1 Å². The van der Waals surface area contributed by atoms with Crippen LogP contribution in [0.15, 0.2) is 42.5 Å². The minimum absolute atomic E-state index is 0.173. The van der Waals surface area contributed by atoms with E-state index in [1.165, 1.54) is 55.4 Å². The molecule has 3 atom stereocenters. The van der Waals surface area contributed by atoms with Crippen molar-refractivity contribution in [3.63, 3.8) is 0 Å². The minimum atomic E-state index is -1.00. The molecule has 1 aliphatic heterocycles. The van der Waals surface area contributed by atoms with Crippen molar-refractivity contribution in [1.82, 2.24) is 4.90 Å². The second kappa shape index (κ2) is 7.68. The summed E-state index contributed by atoms with van der Waals surface area (Å²) in [4.78, 5) is 26.0. The van der Waals surface area contributed by atoms with Gasteiger partial charge in [0.1, 0.15) is 5.75 Å². The second-order valence-electron chi connectivity index (χ2n) is 9.23. The number of fused-ring (bicyclic) bond motifs is 1. The zero-order chi connectivity index (χ0) is 21.6. The van der Waals surface area contributed by atoms with Crippen LogP contribution in [0.1, 0.15) is 53.6 Å². The Kier molecular flexibility index (Phi) is 4.97. The maximum atomic E-state index is 12.5. The van der Waals surface area contributed by atoms with Crippen LogP contribution in [0.3, 0.4) is 0 Å². The number of piperidine rings is 1. The number of likely N-dealkylation sites (N-methyl/N-ethyl adjacent to an activating group) is 1. The van der Waals surface area contributed by atoms with Gasteiger partial charge in [0.05, 0.1) is 5.56 Å². The Bertz CT molecular complexity index is 1020. The highest BCUT2D eigenvalue weighted by Crippen LogP contribution is 2.55. The summed E-state index contributed by atoms with van der Waals surface area (Å²) < 4.78 is 5.62. The van der Waals surface area contributed by atoms with E-state index < -0.39 is 12.1 Å². The number of likely N-dealkylation sites (tertiary alicyclic amines) is 1. The zero-order valence-electron chi connectivity index (χ0n) is 17.8. The van der Waals surface area contributed by atoms with Gasteiger partial charge in [-0.1, -0.05) is 18.9 Å². The van der Waals surface area contributed by atoms with E-state index >= 15 is 0 Å². The van der Waals surface area contributed by atoms with Crippen LogP contribution in [-0.4, -0.2) is 41.7 Å². The van der Waals surface area contributed by atoms with Crippen LogP contribution in [0.4, 0.5) is 10.5 Å². The average Bonchev–Trinajstić information content (AvgIpc) is 2.77. The third kappa shape index (κ3) is 3.49. The lowest BCUT2D eigenvalue weighted by molar-refractivity contribution is 0.00275. The quantitative estimate of drug-likeness (QED) is 0.754. The van der Waals surface area contributed by atoms with Crippen molar-refractivity contribution < 1.29 is 19.4 Å². The molecular weight excluding hydrogens is 392 g/mol. The van der Waals surface area contributed by atoms with Gasteiger partial charge >= 0.3 is 12.1 Å². The maximum absolute atomic E-state index is 12.5. The number of nitrogens with one attached hydrogen (secondary N) is 1. The lowest BCUT2D eigenvalue weighted by Gasteiger charge is -2.58. The average molecular weight is 421 g/mol. The highest BCUT2D eigenvalue weighted by molar-refractivity contribution is 5.90. The summed E-state index contributed by atoms with van der Waals surface area (Å²) in [5.41, 5.74) is 3.67. The first-order valence-corrected chi connectivity index (χ1v) is 11.1. The first-order chi connectivity index (χ1) is 15.0. The first-order valence-electron chi connectivity index (χ1n) is 11.1. The standard InChI is InChI=1S/C25H28N2O4/c1-27-13-12-25-11-3-2-4-20(25)22(27)14-17-7-10-19(15-21(17)25)31-24(30)26-18-8-5-16(6-9-18)23(28)29/h5-10,15,20,22H,2-4,11-14H2,1H3,(H,26,30)(H,28,29)/t20-,22+,25+/m1/s1. The first kappa shape index (κ1) is 20.1. The Labute approximate surface area is 182 Å². The number of carboxylic acid groups (broad SMARTS) is 1.